The predicted molar refractivity (Wildman–Crippen MR) is 84.8 cm³/mol. The molecule has 0 aromatic heterocycles. The van der Waals surface area contributed by atoms with E-state index in [1.165, 1.54) is 16.7 Å². The van der Waals surface area contributed by atoms with E-state index in [0.29, 0.717) is 31.5 Å². The molecule has 1 fully saturated rings. The number of benzene rings is 1. The quantitative estimate of drug-likeness (QED) is 0.353. The molecule has 1 atom stereocenters. The lowest BCUT2D eigenvalue weighted by Crippen LogP contribution is -2.48. The molecule has 23 heavy (non-hydrogen) atoms. The minimum absolute atomic E-state index is 0.00648. The standard InChI is InChI=1S/C16H16N2O4S/c19-10-17-7-6-12-15(18-13(20)8-14(18)23-12)16(21)22-9-11-4-2-1-3-5-11/h1-5,10,14H,6-9H2,(H,17,19). The first-order valence-electron chi connectivity index (χ1n) is 7.30. The summed E-state index contributed by atoms with van der Waals surface area (Å²) in [5, 5.41) is 2.56. The molecule has 0 aliphatic carbocycles. The van der Waals surface area contributed by atoms with Crippen LogP contribution in [0.1, 0.15) is 18.4 Å². The number of β-lactam (4-membered cyclic amide) rings is 1. The molecule has 0 bridgehead atoms. The molecule has 2 aliphatic heterocycles. The maximum Gasteiger partial charge on any atom is 0.356 e. The smallest absolute Gasteiger partial charge is 0.356 e. The van der Waals surface area contributed by atoms with Crippen molar-refractivity contribution < 1.29 is 19.1 Å². The summed E-state index contributed by atoms with van der Waals surface area (Å²) in [6.07, 6.45) is 1.57. The van der Waals surface area contributed by atoms with Crippen LogP contribution in [0.3, 0.4) is 0 Å². The van der Waals surface area contributed by atoms with Crippen molar-refractivity contribution in [3.63, 3.8) is 0 Å². The molecule has 0 radical (unpaired) electrons. The molecule has 2 aliphatic rings. The van der Waals surface area contributed by atoms with Crippen molar-refractivity contribution in [3.8, 4) is 0 Å². The number of nitrogens with zero attached hydrogens (tertiary/aromatic N) is 1. The molecule has 1 N–H and O–H groups in total. The maximum atomic E-state index is 12.4. The van der Waals surface area contributed by atoms with Crippen molar-refractivity contribution in [2.24, 2.45) is 0 Å². The zero-order chi connectivity index (χ0) is 16.2. The number of nitrogens with one attached hydrogen (secondary N) is 1. The first-order chi connectivity index (χ1) is 11.2. The third-order valence-electron chi connectivity index (χ3n) is 3.68. The van der Waals surface area contributed by atoms with Gasteiger partial charge in [-0.2, -0.15) is 0 Å². The van der Waals surface area contributed by atoms with Gasteiger partial charge in [-0.25, -0.2) is 4.79 Å². The summed E-state index contributed by atoms with van der Waals surface area (Å²) < 4.78 is 5.36. The largest absolute Gasteiger partial charge is 0.456 e. The van der Waals surface area contributed by atoms with Gasteiger partial charge in [-0.1, -0.05) is 30.3 Å². The topological polar surface area (TPSA) is 75.7 Å². The minimum Gasteiger partial charge on any atom is -0.456 e. The highest BCUT2D eigenvalue weighted by atomic mass is 32.2. The van der Waals surface area contributed by atoms with E-state index in [9.17, 15) is 14.4 Å². The number of thioether (sulfide) groups is 1. The van der Waals surface area contributed by atoms with E-state index in [2.05, 4.69) is 5.32 Å². The summed E-state index contributed by atoms with van der Waals surface area (Å²) in [7, 11) is 0. The average Bonchev–Trinajstić information content (AvgIpc) is 2.86. The fourth-order valence-corrected chi connectivity index (χ4v) is 3.93. The van der Waals surface area contributed by atoms with Crippen LogP contribution in [0.5, 0.6) is 0 Å². The van der Waals surface area contributed by atoms with Gasteiger partial charge in [0.05, 0.1) is 11.8 Å². The fraction of sp³-hybridized carbons (Fsp3) is 0.312. The third-order valence-corrected chi connectivity index (χ3v) is 5.01. The van der Waals surface area contributed by atoms with Gasteiger partial charge in [-0.15, -0.1) is 11.8 Å². The summed E-state index contributed by atoms with van der Waals surface area (Å²) in [5.41, 5.74) is 1.22. The molecule has 2 heterocycles. The van der Waals surface area contributed by atoms with Gasteiger partial charge in [0.1, 0.15) is 12.3 Å². The van der Waals surface area contributed by atoms with Crippen LogP contribution in [0.25, 0.3) is 0 Å². The van der Waals surface area contributed by atoms with Crippen LogP contribution in [0.4, 0.5) is 0 Å². The third kappa shape index (κ3) is 3.24. The molecule has 1 unspecified atom stereocenters. The van der Waals surface area contributed by atoms with Crippen LogP contribution in [-0.4, -0.2) is 35.1 Å². The highest BCUT2D eigenvalue weighted by Gasteiger charge is 2.48. The van der Waals surface area contributed by atoms with Gasteiger partial charge >= 0.3 is 5.97 Å². The second kappa shape index (κ2) is 6.87. The number of carbonyl (C=O) groups excluding carboxylic acids is 3. The molecular weight excluding hydrogens is 316 g/mol. The van der Waals surface area contributed by atoms with Crippen LogP contribution in [-0.2, 0) is 25.7 Å². The van der Waals surface area contributed by atoms with E-state index >= 15 is 0 Å². The average molecular weight is 332 g/mol. The number of carbonyl (C=O) groups is 3. The SMILES string of the molecule is O=CNCCC1=C(C(=O)OCc2ccccc2)N2C(=O)CC2S1. The number of fused-ring (bicyclic) bond motifs is 1. The van der Waals surface area contributed by atoms with E-state index in [1.807, 2.05) is 30.3 Å². The highest BCUT2D eigenvalue weighted by Crippen LogP contribution is 2.47. The number of hydrogen-bond donors (Lipinski definition) is 1. The van der Waals surface area contributed by atoms with Crippen LogP contribution in [0.15, 0.2) is 40.9 Å². The Hall–Kier alpha value is -2.28. The molecule has 2 amide bonds. The lowest BCUT2D eigenvalue weighted by atomic mass is 10.1. The second-order valence-corrected chi connectivity index (χ2v) is 6.47. The number of amides is 2. The Kier molecular flexibility index (Phi) is 4.66. The first-order valence-corrected chi connectivity index (χ1v) is 8.18. The van der Waals surface area contributed by atoms with Crippen molar-refractivity contribution in [2.75, 3.05) is 6.54 Å². The van der Waals surface area contributed by atoms with Crippen molar-refractivity contribution in [2.45, 2.75) is 24.8 Å². The van der Waals surface area contributed by atoms with E-state index in [-0.39, 0.29) is 17.9 Å². The van der Waals surface area contributed by atoms with Gasteiger partial charge in [0, 0.05) is 11.4 Å². The minimum atomic E-state index is -0.488. The van der Waals surface area contributed by atoms with Gasteiger partial charge in [0.2, 0.25) is 12.3 Å². The monoisotopic (exact) mass is 332 g/mol. The second-order valence-electron chi connectivity index (χ2n) is 5.20. The maximum absolute atomic E-state index is 12.4. The molecule has 0 spiro atoms. The molecule has 7 heteroatoms. The summed E-state index contributed by atoms with van der Waals surface area (Å²) >= 11 is 1.50. The van der Waals surface area contributed by atoms with E-state index in [4.69, 9.17) is 4.74 Å². The summed E-state index contributed by atoms with van der Waals surface area (Å²) in [5.74, 6) is -0.550. The summed E-state index contributed by atoms with van der Waals surface area (Å²) in [6, 6.07) is 9.39. The Balaban J connectivity index is 1.69. The highest BCUT2D eigenvalue weighted by molar-refractivity contribution is 8.04. The molecule has 1 saturated heterocycles. The van der Waals surface area contributed by atoms with Crippen LogP contribution in [0, 0.1) is 0 Å². The lowest BCUT2D eigenvalue weighted by molar-refractivity contribution is -0.149. The Bertz CT molecular complexity index is 659. The molecule has 0 saturated carbocycles. The van der Waals surface area contributed by atoms with Crippen molar-refractivity contribution in [1.29, 1.82) is 0 Å². The predicted octanol–water partition coefficient (Wildman–Crippen LogP) is 1.38. The zero-order valence-corrected chi connectivity index (χ0v) is 13.2. The molecule has 1 aromatic carbocycles. The van der Waals surface area contributed by atoms with Gasteiger partial charge in [0.15, 0.2) is 0 Å². The number of ether oxygens (including phenoxy) is 1. The Labute approximate surface area is 137 Å². The van der Waals surface area contributed by atoms with E-state index < -0.39 is 5.97 Å². The van der Waals surface area contributed by atoms with Crippen molar-refractivity contribution >= 4 is 30.0 Å². The first kappa shape index (κ1) is 15.6. The molecule has 120 valence electrons. The molecule has 1 aromatic rings. The van der Waals surface area contributed by atoms with Crippen LogP contribution in [0.2, 0.25) is 0 Å². The fourth-order valence-electron chi connectivity index (χ4n) is 2.53. The van der Waals surface area contributed by atoms with Crippen molar-refractivity contribution in [1.82, 2.24) is 10.2 Å². The lowest BCUT2D eigenvalue weighted by Gasteiger charge is -2.34. The van der Waals surface area contributed by atoms with Gasteiger partial charge < -0.3 is 10.1 Å². The summed E-state index contributed by atoms with van der Waals surface area (Å²) in [4.78, 5) is 36.9. The number of esters is 1. The Morgan fingerprint density at radius 3 is 2.87 bits per heavy atom. The number of hydrogen-bond acceptors (Lipinski definition) is 5. The van der Waals surface area contributed by atoms with Crippen LogP contribution >= 0.6 is 11.8 Å². The Morgan fingerprint density at radius 2 is 2.17 bits per heavy atom. The normalized spacial score (nSPS) is 19.2. The van der Waals surface area contributed by atoms with Gasteiger partial charge in [-0.05, 0) is 12.0 Å². The molecule has 6 nitrogen and oxygen atoms in total. The van der Waals surface area contributed by atoms with E-state index in [1.54, 1.807) is 0 Å². The summed E-state index contributed by atoms with van der Waals surface area (Å²) in [6.45, 7) is 0.594. The Morgan fingerprint density at radius 1 is 1.39 bits per heavy atom. The zero-order valence-electron chi connectivity index (χ0n) is 12.4. The van der Waals surface area contributed by atoms with Gasteiger partial charge in [0.25, 0.3) is 0 Å². The molecular formula is C16H16N2O4S. The van der Waals surface area contributed by atoms with E-state index in [0.717, 1.165) is 10.5 Å². The molecule has 3 rings (SSSR count). The number of rotatable bonds is 7. The van der Waals surface area contributed by atoms with Crippen LogP contribution < -0.4 is 5.32 Å². The van der Waals surface area contributed by atoms with Crippen molar-refractivity contribution in [3.05, 3.63) is 46.5 Å². The van der Waals surface area contributed by atoms with Gasteiger partial charge in [-0.3, -0.25) is 14.5 Å².